The summed E-state index contributed by atoms with van der Waals surface area (Å²) in [5.74, 6) is -2.01. The summed E-state index contributed by atoms with van der Waals surface area (Å²) in [7, 11) is 0. The molecule has 1 amide bonds. The van der Waals surface area contributed by atoms with E-state index in [4.69, 9.17) is 5.11 Å². The fourth-order valence-electron chi connectivity index (χ4n) is 3.35. The van der Waals surface area contributed by atoms with Gasteiger partial charge in [0.2, 0.25) is 0 Å². The highest BCUT2D eigenvalue weighted by Crippen LogP contribution is 2.34. The van der Waals surface area contributed by atoms with Crippen LogP contribution in [0.4, 0.5) is 13.2 Å². The molecule has 0 unspecified atom stereocenters. The fourth-order valence-corrected chi connectivity index (χ4v) is 3.35. The molecule has 3 rings (SSSR count). The number of hydrogen-bond acceptors (Lipinski definition) is 3. The van der Waals surface area contributed by atoms with Gasteiger partial charge in [-0.1, -0.05) is 12.8 Å². The predicted octanol–water partition coefficient (Wildman–Crippen LogP) is 3.65. The first-order valence-corrected chi connectivity index (χ1v) is 8.42. The summed E-state index contributed by atoms with van der Waals surface area (Å²) in [6.07, 6.45) is -0.375. The molecule has 0 saturated heterocycles. The van der Waals surface area contributed by atoms with Crippen molar-refractivity contribution in [2.24, 2.45) is 0 Å². The Labute approximate surface area is 153 Å². The average Bonchev–Trinajstić information content (AvgIpc) is 3.21. The molecule has 1 aromatic carbocycles. The minimum Gasteiger partial charge on any atom is -0.478 e. The van der Waals surface area contributed by atoms with E-state index in [-0.39, 0.29) is 17.1 Å². The molecule has 1 aliphatic carbocycles. The van der Waals surface area contributed by atoms with Crippen molar-refractivity contribution in [3.8, 4) is 5.69 Å². The van der Waals surface area contributed by atoms with Crippen LogP contribution in [0.15, 0.2) is 30.5 Å². The van der Waals surface area contributed by atoms with Crippen LogP contribution in [0, 0.1) is 0 Å². The van der Waals surface area contributed by atoms with Crippen molar-refractivity contribution >= 4 is 11.9 Å². The maximum Gasteiger partial charge on any atom is 0.434 e. The summed E-state index contributed by atoms with van der Waals surface area (Å²) in [6.45, 7) is 1.97. The van der Waals surface area contributed by atoms with Crippen LogP contribution in [0.3, 0.4) is 0 Å². The highest BCUT2D eigenvalue weighted by molar-refractivity contribution is 5.95. The monoisotopic (exact) mass is 381 g/mol. The number of rotatable bonds is 4. The van der Waals surface area contributed by atoms with Crippen LogP contribution in [-0.4, -0.2) is 32.3 Å². The van der Waals surface area contributed by atoms with Gasteiger partial charge in [-0.05, 0) is 44.0 Å². The van der Waals surface area contributed by atoms with Crippen LogP contribution in [-0.2, 0) is 6.18 Å². The molecule has 144 valence electrons. The number of hydrogen-bond donors (Lipinski definition) is 2. The average molecular weight is 381 g/mol. The number of nitrogens with one attached hydrogen (secondary N) is 1. The zero-order valence-corrected chi connectivity index (χ0v) is 14.5. The van der Waals surface area contributed by atoms with Gasteiger partial charge in [0.05, 0.1) is 11.9 Å². The highest BCUT2D eigenvalue weighted by atomic mass is 19.4. The van der Waals surface area contributed by atoms with E-state index < -0.39 is 23.4 Å². The van der Waals surface area contributed by atoms with Gasteiger partial charge in [-0.25, -0.2) is 9.48 Å². The minimum atomic E-state index is -4.89. The van der Waals surface area contributed by atoms with Crippen LogP contribution in [0.1, 0.15) is 59.0 Å². The van der Waals surface area contributed by atoms with Crippen LogP contribution >= 0.6 is 0 Å². The van der Waals surface area contributed by atoms with E-state index in [1.165, 1.54) is 24.3 Å². The van der Waals surface area contributed by atoms with Crippen LogP contribution < -0.4 is 5.32 Å². The molecule has 0 bridgehead atoms. The van der Waals surface area contributed by atoms with Crippen LogP contribution in [0.5, 0.6) is 0 Å². The third kappa shape index (κ3) is 3.81. The number of aromatic nitrogens is 2. The van der Waals surface area contributed by atoms with E-state index in [0.29, 0.717) is 16.4 Å². The van der Waals surface area contributed by atoms with E-state index in [2.05, 4.69) is 10.4 Å². The lowest BCUT2D eigenvalue weighted by Gasteiger charge is -2.25. The molecule has 1 heterocycles. The van der Waals surface area contributed by atoms with Crippen molar-refractivity contribution in [2.75, 3.05) is 0 Å². The van der Waals surface area contributed by atoms with Crippen LogP contribution in [0.2, 0.25) is 0 Å². The number of carbonyl (C=O) groups is 2. The quantitative estimate of drug-likeness (QED) is 0.847. The summed E-state index contributed by atoms with van der Waals surface area (Å²) in [4.78, 5) is 23.4. The Hall–Kier alpha value is -2.84. The molecule has 9 heteroatoms. The largest absolute Gasteiger partial charge is 0.478 e. The molecule has 1 aliphatic rings. The molecule has 0 aliphatic heterocycles. The fraction of sp³-hybridized carbons (Fsp3) is 0.389. The molecule has 0 atom stereocenters. The standard InChI is InChI=1S/C18H18F3N3O3/c1-17(8-2-3-9-17)23-15(25)11-4-6-12(7-5-11)24-14(18(19,20)21)13(10-22-24)16(26)27/h4-7,10H,2-3,8-9H2,1H3,(H,23,25)(H,26,27). The molecular formula is C18H18F3N3O3. The van der Waals surface area contributed by atoms with Gasteiger partial charge in [-0.2, -0.15) is 18.3 Å². The Morgan fingerprint density at radius 3 is 2.30 bits per heavy atom. The van der Waals surface area contributed by atoms with E-state index >= 15 is 0 Å². The van der Waals surface area contributed by atoms with Gasteiger partial charge in [0.1, 0.15) is 5.56 Å². The van der Waals surface area contributed by atoms with E-state index in [1.54, 1.807) is 0 Å². The van der Waals surface area contributed by atoms with Gasteiger partial charge in [0.25, 0.3) is 5.91 Å². The molecular weight excluding hydrogens is 363 g/mol. The second-order valence-corrected chi connectivity index (χ2v) is 6.89. The van der Waals surface area contributed by atoms with Gasteiger partial charge in [0, 0.05) is 11.1 Å². The first-order valence-electron chi connectivity index (χ1n) is 8.42. The van der Waals surface area contributed by atoms with Crippen molar-refractivity contribution in [3.63, 3.8) is 0 Å². The van der Waals surface area contributed by atoms with E-state index in [1.807, 2.05) is 6.92 Å². The maximum atomic E-state index is 13.3. The molecule has 0 spiro atoms. The maximum absolute atomic E-state index is 13.3. The van der Waals surface area contributed by atoms with Gasteiger partial charge in [0.15, 0.2) is 5.69 Å². The Balaban J connectivity index is 1.88. The van der Waals surface area contributed by atoms with Crippen molar-refractivity contribution in [1.82, 2.24) is 15.1 Å². The number of amides is 1. The normalized spacial score (nSPS) is 16.3. The number of carboxylic acids is 1. The second kappa shape index (κ2) is 6.71. The number of benzene rings is 1. The number of nitrogens with zero attached hydrogens (tertiary/aromatic N) is 2. The Kier molecular flexibility index (Phi) is 4.71. The van der Waals surface area contributed by atoms with Crippen molar-refractivity contribution in [1.29, 1.82) is 0 Å². The molecule has 1 fully saturated rings. The first kappa shape index (κ1) is 18.9. The van der Waals surface area contributed by atoms with Crippen LogP contribution in [0.25, 0.3) is 5.69 Å². The highest BCUT2D eigenvalue weighted by Gasteiger charge is 2.40. The number of carbonyl (C=O) groups excluding carboxylic acids is 1. The van der Waals surface area contributed by atoms with Crippen molar-refractivity contribution < 1.29 is 27.9 Å². The molecule has 27 heavy (non-hydrogen) atoms. The first-order chi connectivity index (χ1) is 12.6. The molecule has 1 aromatic heterocycles. The van der Waals surface area contributed by atoms with Gasteiger partial charge in [-0.15, -0.1) is 0 Å². The van der Waals surface area contributed by atoms with E-state index in [0.717, 1.165) is 25.7 Å². The Bertz CT molecular complexity index is 866. The zero-order valence-electron chi connectivity index (χ0n) is 14.5. The smallest absolute Gasteiger partial charge is 0.434 e. The molecule has 2 aromatic rings. The molecule has 2 N–H and O–H groups in total. The molecule has 0 radical (unpaired) electrons. The van der Waals surface area contributed by atoms with Gasteiger partial charge < -0.3 is 10.4 Å². The van der Waals surface area contributed by atoms with E-state index in [9.17, 15) is 22.8 Å². The lowest BCUT2D eigenvalue weighted by atomic mass is 10.00. The minimum absolute atomic E-state index is 0.0125. The lowest BCUT2D eigenvalue weighted by Crippen LogP contribution is -2.43. The Morgan fingerprint density at radius 2 is 1.78 bits per heavy atom. The number of aromatic carboxylic acids is 1. The Morgan fingerprint density at radius 1 is 1.19 bits per heavy atom. The predicted molar refractivity (Wildman–Crippen MR) is 89.9 cm³/mol. The summed E-state index contributed by atoms with van der Waals surface area (Å²) in [5, 5.41) is 15.5. The number of carboxylic acid groups (broad SMARTS) is 1. The zero-order chi connectivity index (χ0) is 19.8. The third-order valence-corrected chi connectivity index (χ3v) is 4.76. The summed E-state index contributed by atoms with van der Waals surface area (Å²) < 4.78 is 40.3. The SMILES string of the molecule is CC1(NC(=O)c2ccc(-n3ncc(C(=O)O)c3C(F)(F)F)cc2)CCCC1. The summed E-state index contributed by atoms with van der Waals surface area (Å²) in [6, 6.07) is 5.40. The summed E-state index contributed by atoms with van der Waals surface area (Å²) >= 11 is 0. The molecule has 6 nitrogen and oxygen atoms in total. The van der Waals surface area contributed by atoms with Crippen molar-refractivity contribution in [2.45, 2.75) is 44.3 Å². The third-order valence-electron chi connectivity index (χ3n) is 4.76. The second-order valence-electron chi connectivity index (χ2n) is 6.89. The summed E-state index contributed by atoms with van der Waals surface area (Å²) in [5.41, 5.74) is -2.24. The number of alkyl halides is 3. The lowest BCUT2D eigenvalue weighted by molar-refractivity contribution is -0.143. The number of halogens is 3. The van der Waals surface area contributed by atoms with Gasteiger partial charge >= 0.3 is 12.1 Å². The topological polar surface area (TPSA) is 84.2 Å². The van der Waals surface area contributed by atoms with Gasteiger partial charge in [-0.3, -0.25) is 4.79 Å². The van der Waals surface area contributed by atoms with Crippen molar-refractivity contribution in [3.05, 3.63) is 47.3 Å². The molecule has 1 saturated carbocycles.